The van der Waals surface area contributed by atoms with Gasteiger partial charge in [0.25, 0.3) is 0 Å². The Morgan fingerprint density at radius 1 is 1.22 bits per heavy atom. The SMILES string of the molecule is CCNC1CC(CC)CN(C(=O)C(CC)CC)C1. The Labute approximate surface area is 112 Å². The van der Waals surface area contributed by atoms with Crippen LogP contribution in [0.1, 0.15) is 53.4 Å². The molecule has 106 valence electrons. The van der Waals surface area contributed by atoms with E-state index in [1.54, 1.807) is 0 Å². The molecule has 1 fully saturated rings. The Balaban J connectivity index is 2.65. The van der Waals surface area contributed by atoms with Crippen LogP contribution in [0.3, 0.4) is 0 Å². The first-order valence-corrected chi connectivity index (χ1v) is 7.68. The summed E-state index contributed by atoms with van der Waals surface area (Å²) in [5.74, 6) is 1.27. The molecule has 0 spiro atoms. The zero-order chi connectivity index (χ0) is 13.5. The Hall–Kier alpha value is -0.570. The third-order valence-electron chi connectivity index (χ3n) is 4.25. The van der Waals surface area contributed by atoms with E-state index in [0.29, 0.717) is 17.9 Å². The molecule has 0 aromatic carbocycles. The van der Waals surface area contributed by atoms with E-state index >= 15 is 0 Å². The summed E-state index contributed by atoms with van der Waals surface area (Å²) in [4.78, 5) is 14.6. The van der Waals surface area contributed by atoms with Crippen LogP contribution in [-0.4, -0.2) is 36.5 Å². The molecule has 1 heterocycles. The van der Waals surface area contributed by atoms with Crippen LogP contribution >= 0.6 is 0 Å². The fraction of sp³-hybridized carbons (Fsp3) is 0.933. The lowest BCUT2D eigenvalue weighted by Crippen LogP contribution is -2.52. The quantitative estimate of drug-likeness (QED) is 0.790. The molecule has 1 amide bonds. The summed E-state index contributed by atoms with van der Waals surface area (Å²) < 4.78 is 0. The highest BCUT2D eigenvalue weighted by Crippen LogP contribution is 2.22. The lowest BCUT2D eigenvalue weighted by Gasteiger charge is -2.39. The lowest BCUT2D eigenvalue weighted by atomic mass is 9.90. The van der Waals surface area contributed by atoms with Crippen molar-refractivity contribution in [2.24, 2.45) is 11.8 Å². The van der Waals surface area contributed by atoms with Gasteiger partial charge in [-0.05, 0) is 31.7 Å². The molecule has 1 aliphatic rings. The van der Waals surface area contributed by atoms with E-state index in [9.17, 15) is 4.79 Å². The number of likely N-dealkylation sites (tertiary alicyclic amines) is 1. The second kappa shape index (κ2) is 7.78. The monoisotopic (exact) mass is 254 g/mol. The molecule has 3 heteroatoms. The van der Waals surface area contributed by atoms with E-state index < -0.39 is 0 Å². The number of hydrogen-bond acceptors (Lipinski definition) is 2. The number of nitrogens with zero attached hydrogens (tertiary/aromatic N) is 1. The van der Waals surface area contributed by atoms with Crippen molar-refractivity contribution in [2.75, 3.05) is 19.6 Å². The molecule has 0 radical (unpaired) electrons. The number of hydrogen-bond donors (Lipinski definition) is 1. The molecule has 0 bridgehead atoms. The summed E-state index contributed by atoms with van der Waals surface area (Å²) in [5, 5.41) is 3.51. The average molecular weight is 254 g/mol. The summed E-state index contributed by atoms with van der Waals surface area (Å²) in [6, 6.07) is 0.493. The highest BCUT2D eigenvalue weighted by Gasteiger charge is 2.30. The summed E-state index contributed by atoms with van der Waals surface area (Å²) >= 11 is 0. The standard InChI is InChI=1S/C15H30N2O/c1-5-12-9-14(16-8-4)11-17(10-12)15(18)13(6-2)7-3/h12-14,16H,5-11H2,1-4H3. The first-order valence-electron chi connectivity index (χ1n) is 7.68. The number of likely N-dealkylation sites (N-methyl/N-ethyl adjacent to an activating group) is 1. The number of amides is 1. The molecule has 1 rings (SSSR count). The maximum atomic E-state index is 12.5. The number of rotatable bonds is 6. The molecular weight excluding hydrogens is 224 g/mol. The maximum absolute atomic E-state index is 12.5. The second-order valence-corrected chi connectivity index (χ2v) is 5.52. The Morgan fingerprint density at radius 3 is 2.39 bits per heavy atom. The van der Waals surface area contributed by atoms with Crippen molar-refractivity contribution in [3.63, 3.8) is 0 Å². The minimum Gasteiger partial charge on any atom is -0.341 e. The van der Waals surface area contributed by atoms with Crippen molar-refractivity contribution in [1.29, 1.82) is 0 Å². The van der Waals surface area contributed by atoms with Gasteiger partial charge in [0.15, 0.2) is 0 Å². The van der Waals surface area contributed by atoms with E-state index in [2.05, 4.69) is 37.9 Å². The van der Waals surface area contributed by atoms with Crippen molar-refractivity contribution >= 4 is 5.91 Å². The van der Waals surface area contributed by atoms with Gasteiger partial charge in [-0.25, -0.2) is 0 Å². The number of piperidine rings is 1. The topological polar surface area (TPSA) is 32.3 Å². The molecule has 0 aromatic heterocycles. The van der Waals surface area contributed by atoms with Gasteiger partial charge in [-0.3, -0.25) is 4.79 Å². The van der Waals surface area contributed by atoms with E-state index in [1.807, 2.05) is 0 Å². The predicted molar refractivity (Wildman–Crippen MR) is 76.5 cm³/mol. The highest BCUT2D eigenvalue weighted by molar-refractivity contribution is 5.78. The zero-order valence-electron chi connectivity index (χ0n) is 12.5. The van der Waals surface area contributed by atoms with Gasteiger partial charge in [0, 0.05) is 25.0 Å². The van der Waals surface area contributed by atoms with Crippen LogP contribution in [0.15, 0.2) is 0 Å². The van der Waals surface area contributed by atoms with Crippen molar-refractivity contribution in [2.45, 2.75) is 59.4 Å². The number of carbonyl (C=O) groups excluding carboxylic acids is 1. The minimum atomic E-state index is 0.225. The van der Waals surface area contributed by atoms with Crippen LogP contribution in [0.25, 0.3) is 0 Å². The molecule has 1 aliphatic heterocycles. The van der Waals surface area contributed by atoms with Gasteiger partial charge in [-0.1, -0.05) is 34.1 Å². The Bertz CT molecular complexity index is 251. The Kier molecular flexibility index (Phi) is 6.69. The van der Waals surface area contributed by atoms with Gasteiger partial charge in [-0.15, -0.1) is 0 Å². The van der Waals surface area contributed by atoms with Gasteiger partial charge in [0.1, 0.15) is 0 Å². The third-order valence-corrected chi connectivity index (χ3v) is 4.25. The van der Waals surface area contributed by atoms with Gasteiger partial charge < -0.3 is 10.2 Å². The molecular formula is C15H30N2O. The van der Waals surface area contributed by atoms with E-state index in [-0.39, 0.29) is 5.92 Å². The molecule has 2 atom stereocenters. The van der Waals surface area contributed by atoms with Gasteiger partial charge in [-0.2, -0.15) is 0 Å². The van der Waals surface area contributed by atoms with Gasteiger partial charge >= 0.3 is 0 Å². The molecule has 1 saturated heterocycles. The number of nitrogens with one attached hydrogen (secondary N) is 1. The van der Waals surface area contributed by atoms with E-state index in [0.717, 1.165) is 32.5 Å². The Morgan fingerprint density at radius 2 is 1.89 bits per heavy atom. The fourth-order valence-electron chi connectivity index (χ4n) is 3.01. The first-order chi connectivity index (χ1) is 8.65. The zero-order valence-corrected chi connectivity index (χ0v) is 12.5. The summed E-state index contributed by atoms with van der Waals surface area (Å²) in [6.07, 6.45) is 4.33. The second-order valence-electron chi connectivity index (χ2n) is 5.52. The lowest BCUT2D eigenvalue weighted by molar-refractivity contribution is -0.138. The highest BCUT2D eigenvalue weighted by atomic mass is 16.2. The van der Waals surface area contributed by atoms with Crippen LogP contribution in [0.2, 0.25) is 0 Å². The van der Waals surface area contributed by atoms with Crippen LogP contribution in [0, 0.1) is 11.8 Å². The summed E-state index contributed by atoms with van der Waals surface area (Å²) in [5.41, 5.74) is 0. The fourth-order valence-corrected chi connectivity index (χ4v) is 3.01. The molecule has 0 aromatic rings. The van der Waals surface area contributed by atoms with Crippen LogP contribution in [0.4, 0.5) is 0 Å². The molecule has 2 unspecified atom stereocenters. The predicted octanol–water partition coefficient (Wildman–Crippen LogP) is 2.66. The third kappa shape index (κ3) is 3.98. The normalized spacial score (nSPS) is 24.6. The van der Waals surface area contributed by atoms with Gasteiger partial charge in [0.05, 0.1) is 0 Å². The maximum Gasteiger partial charge on any atom is 0.225 e. The van der Waals surface area contributed by atoms with E-state index in [4.69, 9.17) is 0 Å². The molecule has 18 heavy (non-hydrogen) atoms. The molecule has 0 saturated carbocycles. The van der Waals surface area contributed by atoms with Crippen molar-refractivity contribution in [1.82, 2.24) is 10.2 Å². The van der Waals surface area contributed by atoms with Crippen molar-refractivity contribution in [3.8, 4) is 0 Å². The largest absolute Gasteiger partial charge is 0.341 e. The minimum absolute atomic E-state index is 0.225. The average Bonchev–Trinajstić information content (AvgIpc) is 2.40. The van der Waals surface area contributed by atoms with Gasteiger partial charge in [0.2, 0.25) is 5.91 Å². The van der Waals surface area contributed by atoms with Crippen LogP contribution < -0.4 is 5.32 Å². The van der Waals surface area contributed by atoms with Crippen molar-refractivity contribution < 1.29 is 4.79 Å². The van der Waals surface area contributed by atoms with Crippen molar-refractivity contribution in [3.05, 3.63) is 0 Å². The first kappa shape index (κ1) is 15.5. The van der Waals surface area contributed by atoms with Crippen LogP contribution in [0.5, 0.6) is 0 Å². The smallest absolute Gasteiger partial charge is 0.225 e. The van der Waals surface area contributed by atoms with Crippen LogP contribution in [-0.2, 0) is 4.79 Å². The summed E-state index contributed by atoms with van der Waals surface area (Å²) in [7, 11) is 0. The summed E-state index contributed by atoms with van der Waals surface area (Å²) in [6.45, 7) is 11.5. The molecule has 1 N–H and O–H groups in total. The number of carbonyl (C=O) groups is 1. The molecule has 0 aliphatic carbocycles. The molecule has 3 nitrogen and oxygen atoms in total. The van der Waals surface area contributed by atoms with E-state index in [1.165, 1.54) is 12.8 Å².